The Kier molecular flexibility index (Phi) is 5.99. The van der Waals surface area contributed by atoms with Gasteiger partial charge in [-0.15, -0.1) is 0 Å². The molecule has 1 rings (SSSR count). The molecule has 0 aromatic rings. The summed E-state index contributed by atoms with van der Waals surface area (Å²) in [7, 11) is 1.63. The lowest BCUT2D eigenvalue weighted by Gasteiger charge is -2.27. The minimum absolute atomic E-state index is 0.00366. The summed E-state index contributed by atoms with van der Waals surface area (Å²) in [6, 6.07) is 0. The lowest BCUT2D eigenvalue weighted by molar-refractivity contribution is -0.134. The Morgan fingerprint density at radius 2 is 2.00 bits per heavy atom. The van der Waals surface area contributed by atoms with Crippen molar-refractivity contribution in [3.63, 3.8) is 0 Å². The van der Waals surface area contributed by atoms with E-state index in [2.05, 4.69) is 0 Å². The van der Waals surface area contributed by atoms with Crippen LogP contribution in [0.5, 0.6) is 0 Å². The molecule has 1 aliphatic rings. The van der Waals surface area contributed by atoms with Crippen LogP contribution in [0.25, 0.3) is 0 Å². The van der Waals surface area contributed by atoms with Gasteiger partial charge in [-0.25, -0.2) is 0 Å². The average Bonchev–Trinajstić information content (AvgIpc) is 2.35. The minimum Gasteiger partial charge on any atom is -0.385 e. The van der Waals surface area contributed by atoms with Gasteiger partial charge in [0.1, 0.15) is 6.10 Å². The summed E-state index contributed by atoms with van der Waals surface area (Å²) in [6.45, 7) is 2.47. The third kappa shape index (κ3) is 3.87. The molecule has 1 saturated carbocycles. The summed E-state index contributed by atoms with van der Waals surface area (Å²) in [5, 5.41) is 10.0. The summed E-state index contributed by atoms with van der Waals surface area (Å²) in [6.07, 6.45) is 5.53. The van der Waals surface area contributed by atoms with Crippen LogP contribution in [0.3, 0.4) is 0 Å². The highest BCUT2D eigenvalue weighted by atomic mass is 16.5. The number of aliphatic hydroxyl groups is 1. The fraction of sp³-hybridized carbons (Fsp3) is 0.923. The van der Waals surface area contributed by atoms with Crippen molar-refractivity contribution in [2.45, 2.75) is 51.6 Å². The highest BCUT2D eigenvalue weighted by Gasteiger charge is 2.29. The van der Waals surface area contributed by atoms with Gasteiger partial charge in [-0.1, -0.05) is 26.2 Å². The van der Waals surface area contributed by atoms with E-state index in [-0.39, 0.29) is 17.6 Å². The van der Waals surface area contributed by atoms with E-state index in [1.54, 1.807) is 7.11 Å². The van der Waals surface area contributed by atoms with Gasteiger partial charge in [0, 0.05) is 19.6 Å². The third-order valence-corrected chi connectivity index (χ3v) is 3.63. The SMILES string of the molecule is COCCC(C)C(=O)C(O)C1CCCCC1. The zero-order valence-corrected chi connectivity index (χ0v) is 10.4. The predicted octanol–water partition coefficient (Wildman–Crippen LogP) is 2.17. The van der Waals surface area contributed by atoms with Crippen LogP contribution in [0.1, 0.15) is 45.4 Å². The Labute approximate surface area is 98.2 Å². The summed E-state index contributed by atoms with van der Waals surface area (Å²) < 4.78 is 4.95. The number of ether oxygens (including phenoxy) is 1. The van der Waals surface area contributed by atoms with E-state index < -0.39 is 6.10 Å². The Morgan fingerprint density at radius 3 is 2.56 bits per heavy atom. The Hall–Kier alpha value is -0.410. The van der Waals surface area contributed by atoms with E-state index in [0.717, 1.165) is 25.7 Å². The van der Waals surface area contributed by atoms with Crippen LogP contribution in [0.4, 0.5) is 0 Å². The maximum atomic E-state index is 11.9. The van der Waals surface area contributed by atoms with Crippen molar-refractivity contribution in [2.75, 3.05) is 13.7 Å². The van der Waals surface area contributed by atoms with Crippen molar-refractivity contribution in [1.29, 1.82) is 0 Å². The Balaban J connectivity index is 2.38. The molecule has 1 N–H and O–H groups in total. The van der Waals surface area contributed by atoms with Crippen molar-refractivity contribution in [2.24, 2.45) is 11.8 Å². The second-order valence-corrected chi connectivity index (χ2v) is 4.93. The summed E-state index contributed by atoms with van der Waals surface area (Å²) in [5.41, 5.74) is 0. The predicted molar refractivity (Wildman–Crippen MR) is 63.2 cm³/mol. The summed E-state index contributed by atoms with van der Waals surface area (Å²) >= 11 is 0. The second-order valence-electron chi connectivity index (χ2n) is 4.93. The quantitative estimate of drug-likeness (QED) is 0.758. The molecule has 0 aliphatic heterocycles. The van der Waals surface area contributed by atoms with Crippen molar-refractivity contribution in [3.05, 3.63) is 0 Å². The summed E-state index contributed by atoms with van der Waals surface area (Å²) in [4.78, 5) is 11.9. The number of hydrogen-bond acceptors (Lipinski definition) is 3. The summed E-state index contributed by atoms with van der Waals surface area (Å²) in [5.74, 6) is 0.118. The molecule has 0 aromatic heterocycles. The second kappa shape index (κ2) is 7.02. The highest BCUT2D eigenvalue weighted by Crippen LogP contribution is 2.28. The Morgan fingerprint density at radius 1 is 1.38 bits per heavy atom. The molecule has 1 aliphatic carbocycles. The lowest BCUT2D eigenvalue weighted by atomic mass is 9.81. The fourth-order valence-corrected chi connectivity index (χ4v) is 2.41. The van der Waals surface area contributed by atoms with Crippen molar-refractivity contribution in [1.82, 2.24) is 0 Å². The van der Waals surface area contributed by atoms with Crippen LogP contribution in [0, 0.1) is 11.8 Å². The maximum Gasteiger partial charge on any atom is 0.164 e. The normalized spacial score (nSPS) is 21.7. The molecular weight excluding hydrogens is 204 g/mol. The van der Waals surface area contributed by atoms with Crippen molar-refractivity contribution < 1.29 is 14.6 Å². The molecule has 3 nitrogen and oxygen atoms in total. The van der Waals surface area contributed by atoms with Gasteiger partial charge >= 0.3 is 0 Å². The first-order valence-corrected chi connectivity index (χ1v) is 6.37. The standard InChI is InChI=1S/C13H24O3/c1-10(8-9-16-2)12(14)13(15)11-6-4-3-5-7-11/h10-11,13,15H,3-9H2,1-2H3. The number of methoxy groups -OCH3 is 1. The molecule has 0 radical (unpaired) electrons. The zero-order valence-electron chi connectivity index (χ0n) is 10.4. The van der Waals surface area contributed by atoms with Gasteiger partial charge in [0.2, 0.25) is 0 Å². The van der Waals surface area contributed by atoms with E-state index in [4.69, 9.17) is 4.74 Å². The molecule has 0 aromatic carbocycles. The third-order valence-electron chi connectivity index (χ3n) is 3.63. The van der Waals surface area contributed by atoms with Crippen LogP contribution in [-0.4, -0.2) is 30.7 Å². The molecule has 94 valence electrons. The molecule has 0 amide bonds. The number of rotatable bonds is 6. The molecule has 0 bridgehead atoms. The van der Waals surface area contributed by atoms with Crippen LogP contribution in [-0.2, 0) is 9.53 Å². The highest BCUT2D eigenvalue weighted by molar-refractivity contribution is 5.85. The molecule has 0 heterocycles. The van der Waals surface area contributed by atoms with Gasteiger partial charge in [-0.3, -0.25) is 4.79 Å². The molecule has 3 heteroatoms. The molecule has 16 heavy (non-hydrogen) atoms. The van der Waals surface area contributed by atoms with Crippen LogP contribution in [0.15, 0.2) is 0 Å². The number of Topliss-reactive ketones (excluding diaryl/α,β-unsaturated/α-hetero) is 1. The monoisotopic (exact) mass is 228 g/mol. The number of carbonyl (C=O) groups is 1. The number of carbonyl (C=O) groups excluding carboxylic acids is 1. The van der Waals surface area contributed by atoms with E-state index in [1.165, 1.54) is 6.42 Å². The largest absolute Gasteiger partial charge is 0.385 e. The van der Waals surface area contributed by atoms with Crippen molar-refractivity contribution in [3.8, 4) is 0 Å². The van der Waals surface area contributed by atoms with Crippen LogP contribution in [0.2, 0.25) is 0 Å². The topological polar surface area (TPSA) is 46.5 Å². The fourth-order valence-electron chi connectivity index (χ4n) is 2.41. The van der Waals surface area contributed by atoms with Gasteiger partial charge in [0.25, 0.3) is 0 Å². The van der Waals surface area contributed by atoms with Gasteiger partial charge in [-0.05, 0) is 25.2 Å². The molecule has 0 saturated heterocycles. The molecule has 2 unspecified atom stereocenters. The first-order valence-electron chi connectivity index (χ1n) is 6.37. The zero-order chi connectivity index (χ0) is 12.0. The number of aliphatic hydroxyl groups excluding tert-OH is 1. The van der Waals surface area contributed by atoms with Gasteiger partial charge in [0.15, 0.2) is 5.78 Å². The first-order chi connectivity index (χ1) is 7.66. The first kappa shape index (κ1) is 13.7. The maximum absolute atomic E-state index is 11.9. The molecule has 1 fully saturated rings. The van der Waals surface area contributed by atoms with Gasteiger partial charge in [-0.2, -0.15) is 0 Å². The van der Waals surface area contributed by atoms with E-state index >= 15 is 0 Å². The number of hydrogen-bond donors (Lipinski definition) is 1. The molecular formula is C13H24O3. The van der Waals surface area contributed by atoms with Crippen molar-refractivity contribution >= 4 is 5.78 Å². The number of ketones is 1. The van der Waals surface area contributed by atoms with Crippen LogP contribution >= 0.6 is 0 Å². The van der Waals surface area contributed by atoms with Gasteiger partial charge in [0.05, 0.1) is 0 Å². The molecule has 2 atom stereocenters. The molecule has 0 spiro atoms. The van der Waals surface area contributed by atoms with Gasteiger partial charge < -0.3 is 9.84 Å². The smallest absolute Gasteiger partial charge is 0.164 e. The van der Waals surface area contributed by atoms with Crippen LogP contribution < -0.4 is 0 Å². The Bertz CT molecular complexity index is 209. The van der Waals surface area contributed by atoms with E-state index in [9.17, 15) is 9.90 Å². The minimum atomic E-state index is -0.743. The lowest BCUT2D eigenvalue weighted by Crippen LogP contribution is -2.35. The van der Waals surface area contributed by atoms with E-state index in [1.807, 2.05) is 6.92 Å². The van der Waals surface area contributed by atoms with E-state index in [0.29, 0.717) is 13.0 Å². The average molecular weight is 228 g/mol.